The highest BCUT2D eigenvalue weighted by atomic mass is 35.5. The van der Waals surface area contributed by atoms with Gasteiger partial charge in [0.2, 0.25) is 0 Å². The monoisotopic (exact) mass is 490 g/mol. The van der Waals surface area contributed by atoms with Crippen molar-refractivity contribution < 1.29 is 14.3 Å². The highest BCUT2D eigenvalue weighted by Gasteiger charge is 2.77. The summed E-state index contributed by atoms with van der Waals surface area (Å²) in [4.78, 5) is 13.5. The van der Waals surface area contributed by atoms with E-state index in [4.69, 9.17) is 32.7 Å². The fourth-order valence-electron chi connectivity index (χ4n) is 4.22. The molecule has 0 spiro atoms. The van der Waals surface area contributed by atoms with E-state index in [9.17, 15) is 4.79 Å². The third-order valence-corrected chi connectivity index (χ3v) is 6.34. The highest BCUT2D eigenvalue weighted by molar-refractivity contribution is 6.56. The van der Waals surface area contributed by atoms with Crippen molar-refractivity contribution in [2.45, 2.75) is 25.6 Å². The normalized spacial score (nSPS) is 20.8. The van der Waals surface area contributed by atoms with Crippen LogP contribution in [-0.4, -0.2) is 11.6 Å². The summed E-state index contributed by atoms with van der Waals surface area (Å²) in [7, 11) is 0. The van der Waals surface area contributed by atoms with Crippen LogP contribution in [0.25, 0.3) is 0 Å². The van der Waals surface area contributed by atoms with Crippen molar-refractivity contribution in [3.05, 3.63) is 113 Å². The third-order valence-electron chi connectivity index (χ3n) is 6.12. The van der Waals surface area contributed by atoms with E-state index in [1.165, 1.54) is 0 Å². The largest absolute Gasteiger partial charge is 0.482 e. The Labute approximate surface area is 210 Å². The Kier molecular flexibility index (Phi) is 7.03. The molecule has 1 aliphatic carbocycles. The first-order chi connectivity index (χ1) is 16.3. The minimum atomic E-state index is -1.04. The van der Waals surface area contributed by atoms with Crippen molar-refractivity contribution in [3.8, 4) is 17.6 Å². The number of carbonyl (C=O) groups is 1. The summed E-state index contributed by atoms with van der Waals surface area (Å²) in [5.41, 5.74) is -0.0235. The lowest BCUT2D eigenvalue weighted by Gasteiger charge is -2.19. The zero-order valence-corrected chi connectivity index (χ0v) is 20.4. The number of carbonyl (C=O) groups excluding carboxylic acids is 1. The van der Waals surface area contributed by atoms with Crippen molar-refractivity contribution in [3.63, 3.8) is 0 Å². The zero-order chi connectivity index (χ0) is 24.2. The van der Waals surface area contributed by atoms with Crippen LogP contribution in [0.15, 0.2) is 102 Å². The molecule has 5 heteroatoms. The van der Waals surface area contributed by atoms with Gasteiger partial charge in [0, 0.05) is 16.5 Å². The maximum Gasteiger partial charge on any atom is 0.315 e. The molecule has 0 bridgehead atoms. The molecule has 0 radical (unpaired) electrons. The first-order valence-corrected chi connectivity index (χ1v) is 11.7. The molecular formula is C29H24Cl2O3. The average Bonchev–Trinajstić information content (AvgIpc) is 3.30. The standard InChI is InChI=1S/C29H24Cl2O3/c1-28(2)26(29(28,20-25(30)31)34-23-16-10-5-11-17-23)27(32)33-24(22-14-8-4-9-15-22)19-18-21-12-6-3-7-13-21/h3-17,20,24,26H,1-2H3. The van der Waals surface area contributed by atoms with Gasteiger partial charge in [0.1, 0.15) is 21.8 Å². The first kappa shape index (κ1) is 24.0. The molecule has 1 fully saturated rings. The number of hydrogen-bond acceptors (Lipinski definition) is 3. The lowest BCUT2D eigenvalue weighted by Crippen LogP contribution is -2.26. The van der Waals surface area contributed by atoms with Crippen LogP contribution in [0.4, 0.5) is 0 Å². The highest BCUT2D eigenvalue weighted by Crippen LogP contribution is 2.65. The topological polar surface area (TPSA) is 35.5 Å². The summed E-state index contributed by atoms with van der Waals surface area (Å²) in [6.07, 6.45) is 0.845. The fraction of sp³-hybridized carbons (Fsp3) is 0.207. The van der Waals surface area contributed by atoms with Crippen LogP contribution in [0.5, 0.6) is 5.75 Å². The number of hydrogen-bond donors (Lipinski definition) is 0. The van der Waals surface area contributed by atoms with Gasteiger partial charge in [-0.15, -0.1) is 0 Å². The van der Waals surface area contributed by atoms with Crippen molar-refractivity contribution in [2.75, 3.05) is 0 Å². The number of para-hydroxylation sites is 1. The summed E-state index contributed by atoms with van der Waals surface area (Å²) < 4.78 is 12.3. The van der Waals surface area contributed by atoms with E-state index in [1.54, 1.807) is 6.08 Å². The van der Waals surface area contributed by atoms with Crippen molar-refractivity contribution in [2.24, 2.45) is 11.3 Å². The molecule has 0 amide bonds. The van der Waals surface area contributed by atoms with E-state index < -0.39 is 29.0 Å². The average molecular weight is 491 g/mol. The molecule has 3 aromatic carbocycles. The van der Waals surface area contributed by atoms with Crippen molar-refractivity contribution >= 4 is 29.2 Å². The van der Waals surface area contributed by atoms with E-state index in [-0.39, 0.29) is 4.49 Å². The number of halogens is 2. The van der Waals surface area contributed by atoms with Crippen LogP contribution in [0.3, 0.4) is 0 Å². The second-order valence-electron chi connectivity index (χ2n) is 8.66. The number of rotatable bonds is 6. The summed E-state index contributed by atoms with van der Waals surface area (Å²) in [6.45, 7) is 3.87. The molecule has 0 N–H and O–H groups in total. The maximum atomic E-state index is 13.5. The Hall–Kier alpha value is -3.19. The molecule has 0 aliphatic heterocycles. The quantitative estimate of drug-likeness (QED) is 0.272. The Morgan fingerprint density at radius 3 is 2.06 bits per heavy atom. The molecule has 0 heterocycles. The SMILES string of the molecule is CC1(C)C(C(=O)OC(C#Cc2ccccc2)c2ccccc2)C1(C=C(Cl)Cl)Oc1ccccc1. The van der Waals surface area contributed by atoms with Crippen LogP contribution < -0.4 is 4.74 Å². The van der Waals surface area contributed by atoms with Gasteiger partial charge in [-0.1, -0.05) is 110 Å². The Balaban J connectivity index is 1.64. The lowest BCUT2D eigenvalue weighted by molar-refractivity contribution is -0.150. The second-order valence-corrected chi connectivity index (χ2v) is 9.67. The molecule has 34 heavy (non-hydrogen) atoms. The summed E-state index contributed by atoms with van der Waals surface area (Å²) in [5.74, 6) is 5.77. The minimum Gasteiger partial charge on any atom is -0.482 e. The van der Waals surface area contributed by atoms with Crippen LogP contribution in [-0.2, 0) is 9.53 Å². The summed E-state index contributed by atoms with van der Waals surface area (Å²) in [5, 5.41) is 0. The molecular weight excluding hydrogens is 467 g/mol. The predicted molar refractivity (Wildman–Crippen MR) is 135 cm³/mol. The van der Waals surface area contributed by atoms with Gasteiger partial charge in [-0.05, 0) is 36.3 Å². The summed E-state index contributed by atoms with van der Waals surface area (Å²) in [6, 6.07) is 28.3. The van der Waals surface area contributed by atoms with Gasteiger partial charge in [-0.25, -0.2) is 0 Å². The van der Waals surface area contributed by atoms with Gasteiger partial charge < -0.3 is 9.47 Å². The van der Waals surface area contributed by atoms with Gasteiger partial charge >= 0.3 is 5.97 Å². The fourth-order valence-corrected chi connectivity index (χ4v) is 4.55. The van der Waals surface area contributed by atoms with Gasteiger partial charge in [-0.2, -0.15) is 0 Å². The maximum absolute atomic E-state index is 13.5. The van der Waals surface area contributed by atoms with E-state index in [0.717, 1.165) is 11.1 Å². The van der Waals surface area contributed by atoms with Crippen LogP contribution >= 0.6 is 23.2 Å². The van der Waals surface area contributed by atoms with E-state index >= 15 is 0 Å². The Morgan fingerprint density at radius 2 is 1.47 bits per heavy atom. The molecule has 0 saturated heterocycles. The van der Waals surface area contributed by atoms with E-state index in [2.05, 4.69) is 11.8 Å². The number of benzene rings is 3. The van der Waals surface area contributed by atoms with E-state index in [0.29, 0.717) is 5.75 Å². The molecule has 1 saturated carbocycles. The third kappa shape index (κ3) is 4.99. The molecule has 3 aromatic rings. The molecule has 3 unspecified atom stereocenters. The van der Waals surface area contributed by atoms with E-state index in [1.807, 2.05) is 105 Å². The number of esters is 1. The predicted octanol–water partition coefficient (Wildman–Crippen LogP) is 7.12. The van der Waals surface area contributed by atoms with Gasteiger partial charge in [0.05, 0.1) is 0 Å². The molecule has 4 rings (SSSR count). The van der Waals surface area contributed by atoms with Crippen molar-refractivity contribution in [1.82, 2.24) is 0 Å². The Morgan fingerprint density at radius 1 is 0.912 bits per heavy atom. The van der Waals surface area contributed by atoms with Gasteiger partial charge in [-0.3, -0.25) is 4.79 Å². The smallest absolute Gasteiger partial charge is 0.315 e. The van der Waals surface area contributed by atoms with Crippen LogP contribution in [0, 0.1) is 23.2 Å². The van der Waals surface area contributed by atoms with Gasteiger partial charge in [0.25, 0.3) is 0 Å². The summed E-state index contributed by atoms with van der Waals surface area (Å²) >= 11 is 12.1. The Bertz CT molecular complexity index is 1220. The molecule has 3 atom stereocenters. The lowest BCUT2D eigenvalue weighted by atomic mass is 10.1. The molecule has 1 aliphatic rings. The minimum absolute atomic E-state index is 0.0304. The van der Waals surface area contributed by atoms with Crippen LogP contribution in [0.2, 0.25) is 0 Å². The molecule has 0 aromatic heterocycles. The first-order valence-electron chi connectivity index (χ1n) is 10.9. The molecule has 3 nitrogen and oxygen atoms in total. The number of ether oxygens (including phenoxy) is 2. The van der Waals surface area contributed by atoms with Crippen LogP contribution in [0.1, 0.15) is 31.1 Å². The zero-order valence-electron chi connectivity index (χ0n) is 18.9. The molecule has 172 valence electrons. The second kappa shape index (κ2) is 9.97. The van der Waals surface area contributed by atoms with Crippen molar-refractivity contribution in [1.29, 1.82) is 0 Å². The van der Waals surface area contributed by atoms with Gasteiger partial charge in [0.15, 0.2) is 6.10 Å².